The number of imidazole rings is 1. The maximum atomic E-state index is 11.3. The maximum absolute atomic E-state index is 11.3. The first-order chi connectivity index (χ1) is 10.4. The lowest BCUT2D eigenvalue weighted by Crippen LogP contribution is -2.09. The van der Waals surface area contributed by atoms with Gasteiger partial charge < -0.3 is 9.72 Å². The molecule has 9 heteroatoms. The fraction of sp³-hybridized carbons (Fsp3) is 0.0769. The quantitative estimate of drug-likeness (QED) is 0.672. The minimum atomic E-state index is -3.37. The van der Waals surface area contributed by atoms with Crippen molar-refractivity contribution in [1.29, 1.82) is 0 Å². The zero-order valence-electron chi connectivity index (χ0n) is 11.5. The average Bonchev–Trinajstić information content (AvgIpc) is 2.78. The predicted molar refractivity (Wildman–Crippen MR) is 81.7 cm³/mol. The Bertz CT molecular complexity index is 990. The van der Waals surface area contributed by atoms with E-state index in [0.717, 1.165) is 6.26 Å². The lowest BCUT2D eigenvalue weighted by atomic mass is 10.3. The minimum Gasteiger partial charge on any atom is -0.455 e. The molecule has 0 saturated heterocycles. The number of nitrogens with zero attached hydrogens (tertiary/aromatic N) is 1. The second-order valence-corrected chi connectivity index (χ2v) is 6.36. The lowest BCUT2D eigenvalue weighted by Gasteiger charge is -2.08. The number of pyridine rings is 1. The molecule has 0 aliphatic carbocycles. The molecule has 8 nitrogen and oxygen atoms in total. The molecule has 0 amide bonds. The fourth-order valence-electron chi connectivity index (χ4n) is 1.96. The Labute approximate surface area is 125 Å². The molecule has 0 atom stereocenters. The number of H-pyrrole nitrogens is 2. The highest BCUT2D eigenvalue weighted by molar-refractivity contribution is 7.92. The summed E-state index contributed by atoms with van der Waals surface area (Å²) in [5.41, 5.74) is 0.820. The SMILES string of the molecule is CS(=O)(=O)Nc1cccc(Oc2ccnc3[nH]c(=O)[nH]c23)c1. The summed E-state index contributed by atoms with van der Waals surface area (Å²) in [4.78, 5) is 20.5. The number of hydrogen-bond acceptors (Lipinski definition) is 5. The van der Waals surface area contributed by atoms with E-state index in [4.69, 9.17) is 4.74 Å². The van der Waals surface area contributed by atoms with Crippen molar-refractivity contribution in [2.75, 3.05) is 11.0 Å². The van der Waals surface area contributed by atoms with Crippen LogP contribution in [0.4, 0.5) is 5.69 Å². The van der Waals surface area contributed by atoms with Crippen molar-refractivity contribution in [1.82, 2.24) is 15.0 Å². The number of benzene rings is 1. The van der Waals surface area contributed by atoms with Crippen molar-refractivity contribution in [2.45, 2.75) is 0 Å². The second kappa shape index (κ2) is 5.19. The maximum Gasteiger partial charge on any atom is 0.325 e. The van der Waals surface area contributed by atoms with Crippen LogP contribution < -0.4 is 15.1 Å². The molecule has 0 radical (unpaired) electrons. The number of nitrogens with one attached hydrogen (secondary N) is 3. The Hall–Kier alpha value is -2.81. The van der Waals surface area contributed by atoms with Gasteiger partial charge in [-0.3, -0.25) is 9.71 Å². The molecule has 0 bridgehead atoms. The van der Waals surface area contributed by atoms with Crippen LogP contribution >= 0.6 is 0 Å². The molecule has 22 heavy (non-hydrogen) atoms. The highest BCUT2D eigenvalue weighted by Crippen LogP contribution is 2.27. The summed E-state index contributed by atoms with van der Waals surface area (Å²) in [6, 6.07) is 8.07. The van der Waals surface area contributed by atoms with Crippen LogP contribution in [0.3, 0.4) is 0 Å². The molecule has 0 unspecified atom stereocenters. The van der Waals surface area contributed by atoms with Gasteiger partial charge in [0.25, 0.3) is 0 Å². The summed E-state index contributed by atoms with van der Waals surface area (Å²) in [6.45, 7) is 0. The molecule has 1 aromatic carbocycles. The van der Waals surface area contributed by atoms with Crippen LogP contribution in [0.2, 0.25) is 0 Å². The molecule has 0 aliphatic rings. The number of ether oxygens (including phenoxy) is 1. The van der Waals surface area contributed by atoms with Crippen molar-refractivity contribution in [3.8, 4) is 11.5 Å². The number of fused-ring (bicyclic) bond motifs is 1. The number of anilines is 1. The van der Waals surface area contributed by atoms with Gasteiger partial charge in [-0.2, -0.15) is 0 Å². The topological polar surface area (TPSA) is 117 Å². The van der Waals surface area contributed by atoms with Gasteiger partial charge in [-0.05, 0) is 12.1 Å². The first kappa shape index (κ1) is 14.1. The van der Waals surface area contributed by atoms with Crippen LogP contribution in [0.5, 0.6) is 11.5 Å². The van der Waals surface area contributed by atoms with E-state index in [1.54, 1.807) is 24.3 Å². The van der Waals surface area contributed by atoms with Crippen molar-refractivity contribution < 1.29 is 13.2 Å². The largest absolute Gasteiger partial charge is 0.455 e. The van der Waals surface area contributed by atoms with Crippen LogP contribution in [-0.2, 0) is 10.0 Å². The van der Waals surface area contributed by atoms with Gasteiger partial charge in [-0.15, -0.1) is 0 Å². The minimum absolute atomic E-state index is 0.382. The van der Waals surface area contributed by atoms with Gasteiger partial charge in [0.15, 0.2) is 11.4 Å². The van der Waals surface area contributed by atoms with Gasteiger partial charge in [0, 0.05) is 18.3 Å². The summed E-state index contributed by atoms with van der Waals surface area (Å²) in [6.07, 6.45) is 2.57. The Morgan fingerprint density at radius 2 is 2.05 bits per heavy atom. The smallest absolute Gasteiger partial charge is 0.325 e. The molecule has 0 aliphatic heterocycles. The predicted octanol–water partition coefficient (Wildman–Crippen LogP) is 1.41. The second-order valence-electron chi connectivity index (χ2n) is 4.62. The van der Waals surface area contributed by atoms with Gasteiger partial charge in [0.05, 0.1) is 11.9 Å². The summed E-state index contributed by atoms with van der Waals surface area (Å²) in [5, 5.41) is 0. The molecule has 3 rings (SSSR count). The van der Waals surface area contributed by atoms with Crippen LogP contribution in [0.25, 0.3) is 11.2 Å². The van der Waals surface area contributed by atoms with Crippen LogP contribution in [-0.4, -0.2) is 29.6 Å². The number of aromatic amines is 2. The van der Waals surface area contributed by atoms with Crippen LogP contribution in [0, 0.1) is 0 Å². The van der Waals surface area contributed by atoms with E-state index in [2.05, 4.69) is 19.7 Å². The lowest BCUT2D eigenvalue weighted by molar-refractivity contribution is 0.487. The van der Waals surface area contributed by atoms with E-state index in [-0.39, 0.29) is 5.69 Å². The standard InChI is InChI=1S/C13H12N4O4S/c1-22(19,20)17-8-3-2-4-9(7-8)21-10-5-6-14-12-11(10)15-13(18)16-12/h2-7,17H,1H3,(H2,14,15,16,18). The first-order valence-electron chi connectivity index (χ1n) is 6.23. The molecule has 0 fully saturated rings. The number of hydrogen-bond donors (Lipinski definition) is 3. The molecular weight excluding hydrogens is 308 g/mol. The van der Waals surface area contributed by atoms with Gasteiger partial charge in [0.1, 0.15) is 11.3 Å². The van der Waals surface area contributed by atoms with E-state index in [1.165, 1.54) is 12.3 Å². The molecule has 0 spiro atoms. The Balaban J connectivity index is 1.95. The molecule has 2 heterocycles. The van der Waals surface area contributed by atoms with Gasteiger partial charge in [0.2, 0.25) is 10.0 Å². The van der Waals surface area contributed by atoms with Gasteiger partial charge >= 0.3 is 5.69 Å². The van der Waals surface area contributed by atoms with E-state index in [1.807, 2.05) is 0 Å². The van der Waals surface area contributed by atoms with Crippen LogP contribution in [0.15, 0.2) is 41.3 Å². The fourth-order valence-corrected chi connectivity index (χ4v) is 2.52. The molecule has 3 N–H and O–H groups in total. The Kier molecular flexibility index (Phi) is 3.33. The molecule has 114 valence electrons. The monoisotopic (exact) mass is 320 g/mol. The summed E-state index contributed by atoms with van der Waals surface area (Å²) in [7, 11) is -3.37. The Morgan fingerprint density at radius 1 is 1.23 bits per heavy atom. The third kappa shape index (κ3) is 3.09. The third-order valence-electron chi connectivity index (χ3n) is 2.75. The zero-order valence-corrected chi connectivity index (χ0v) is 12.3. The van der Waals surface area contributed by atoms with E-state index < -0.39 is 10.0 Å². The van der Waals surface area contributed by atoms with Crippen molar-refractivity contribution in [3.63, 3.8) is 0 Å². The number of rotatable bonds is 4. The van der Waals surface area contributed by atoms with Crippen LogP contribution in [0.1, 0.15) is 0 Å². The molecular formula is C13H12N4O4S. The zero-order chi connectivity index (χ0) is 15.7. The van der Waals surface area contributed by atoms with Crippen molar-refractivity contribution in [3.05, 3.63) is 47.0 Å². The normalized spacial score (nSPS) is 11.5. The third-order valence-corrected chi connectivity index (χ3v) is 3.35. The highest BCUT2D eigenvalue weighted by Gasteiger charge is 2.09. The van der Waals surface area contributed by atoms with Crippen molar-refractivity contribution >= 4 is 26.9 Å². The van der Waals surface area contributed by atoms with Gasteiger partial charge in [-0.25, -0.2) is 18.2 Å². The van der Waals surface area contributed by atoms with E-state index in [0.29, 0.717) is 28.4 Å². The number of aromatic nitrogens is 3. The summed E-state index contributed by atoms with van der Waals surface area (Å²) >= 11 is 0. The first-order valence-corrected chi connectivity index (χ1v) is 8.12. The average molecular weight is 320 g/mol. The van der Waals surface area contributed by atoms with E-state index >= 15 is 0 Å². The summed E-state index contributed by atoms with van der Waals surface area (Å²) < 4.78 is 30.5. The van der Waals surface area contributed by atoms with Gasteiger partial charge in [-0.1, -0.05) is 6.07 Å². The molecule has 0 saturated carbocycles. The summed E-state index contributed by atoms with van der Waals surface area (Å²) in [5.74, 6) is 0.822. The highest BCUT2D eigenvalue weighted by atomic mass is 32.2. The molecule has 3 aromatic rings. The number of sulfonamides is 1. The van der Waals surface area contributed by atoms with Crippen molar-refractivity contribution in [2.24, 2.45) is 0 Å². The Morgan fingerprint density at radius 3 is 2.82 bits per heavy atom. The van der Waals surface area contributed by atoms with E-state index in [9.17, 15) is 13.2 Å². The molecule has 2 aromatic heterocycles.